The Balaban J connectivity index is 1.86. The zero-order valence-corrected chi connectivity index (χ0v) is 19.0. The van der Waals surface area contributed by atoms with E-state index in [1.807, 2.05) is 36.4 Å². The predicted octanol–water partition coefficient (Wildman–Crippen LogP) is 5.25. The number of hydrogen-bond acceptors (Lipinski definition) is 3. The zero-order valence-electron chi connectivity index (χ0n) is 18.1. The number of ether oxygens (including phenoxy) is 1. The van der Waals surface area contributed by atoms with Crippen LogP contribution in [0.1, 0.15) is 18.6 Å². The molecular weight excluding hydrogens is 401 g/mol. The monoisotopic (exact) mass is 429 g/mol. The lowest BCUT2D eigenvalue weighted by atomic mass is 10.0. The Morgan fingerprint density at radius 1 is 0.806 bits per heavy atom. The Kier molecular flexibility index (Phi) is 6.67. The summed E-state index contributed by atoms with van der Waals surface area (Å²) in [6, 6.07) is 32.9. The van der Waals surface area contributed by atoms with E-state index in [1.165, 1.54) is 21.4 Å². The van der Waals surface area contributed by atoms with Crippen molar-refractivity contribution in [3.8, 4) is 5.75 Å². The molecule has 4 rings (SSSR count). The van der Waals surface area contributed by atoms with Crippen molar-refractivity contribution in [2.75, 3.05) is 14.2 Å². The summed E-state index contributed by atoms with van der Waals surface area (Å²) in [7, 11) is 2.89. The van der Waals surface area contributed by atoms with E-state index < -0.39 is 14.2 Å². The summed E-state index contributed by atoms with van der Waals surface area (Å²) in [4.78, 5) is 0. The maximum absolute atomic E-state index is 11.2. The third kappa shape index (κ3) is 4.36. The molecule has 0 bridgehead atoms. The van der Waals surface area contributed by atoms with Crippen molar-refractivity contribution in [3.05, 3.63) is 103 Å². The van der Waals surface area contributed by atoms with Crippen molar-refractivity contribution in [1.82, 2.24) is 4.67 Å². The highest BCUT2D eigenvalue weighted by molar-refractivity contribution is 7.71. The summed E-state index contributed by atoms with van der Waals surface area (Å²) in [5.74, 6) is 0.877. The number of aliphatic hydroxyl groups excluding tert-OH is 1. The van der Waals surface area contributed by atoms with Crippen molar-refractivity contribution < 1.29 is 9.84 Å². The molecule has 4 aromatic rings. The van der Waals surface area contributed by atoms with Gasteiger partial charge in [-0.25, -0.2) is 0 Å². The second-order valence-electron chi connectivity index (χ2n) is 7.65. The van der Waals surface area contributed by atoms with E-state index in [2.05, 4.69) is 79.3 Å². The molecule has 0 amide bonds. The van der Waals surface area contributed by atoms with Crippen LogP contribution in [0.5, 0.6) is 5.75 Å². The van der Waals surface area contributed by atoms with E-state index in [-0.39, 0.29) is 6.04 Å². The Labute approximate surface area is 185 Å². The van der Waals surface area contributed by atoms with Crippen molar-refractivity contribution >= 4 is 29.5 Å². The van der Waals surface area contributed by atoms with E-state index >= 15 is 0 Å². The molecule has 0 spiro atoms. The Morgan fingerprint density at radius 3 is 2.10 bits per heavy atom. The van der Waals surface area contributed by atoms with Crippen molar-refractivity contribution in [2.45, 2.75) is 19.1 Å². The molecule has 0 aromatic heterocycles. The van der Waals surface area contributed by atoms with E-state index in [1.54, 1.807) is 7.11 Å². The van der Waals surface area contributed by atoms with E-state index in [0.29, 0.717) is 0 Å². The standard InChI is InChI=1S/C27H28NO2P/c1-20(26(29)22-13-6-4-7-14-22)28(2)31(23-15-8-5-9-16-23)27-24-17-11-10-12-21(24)18-19-25(27)30-3/h4-20,26,29H,1-3H3/t20-,26-,31+/m1/s1. The summed E-state index contributed by atoms with van der Waals surface area (Å²) < 4.78 is 8.17. The predicted molar refractivity (Wildman–Crippen MR) is 132 cm³/mol. The molecule has 0 aliphatic rings. The molecule has 0 aliphatic carbocycles. The van der Waals surface area contributed by atoms with Gasteiger partial charge in [0.1, 0.15) is 5.75 Å². The smallest absolute Gasteiger partial charge is 0.128 e. The van der Waals surface area contributed by atoms with Gasteiger partial charge in [-0.3, -0.25) is 4.67 Å². The van der Waals surface area contributed by atoms with Gasteiger partial charge in [-0.1, -0.05) is 91.0 Å². The van der Waals surface area contributed by atoms with Crippen LogP contribution in [-0.2, 0) is 0 Å². The molecular formula is C27H28NO2P. The Bertz CT molecular complexity index is 1130. The van der Waals surface area contributed by atoms with Gasteiger partial charge in [0.05, 0.1) is 13.2 Å². The number of rotatable bonds is 7. The van der Waals surface area contributed by atoms with Crippen LogP contribution in [0.2, 0.25) is 0 Å². The van der Waals surface area contributed by atoms with Crippen LogP contribution in [0, 0.1) is 0 Å². The highest BCUT2D eigenvalue weighted by Gasteiger charge is 2.31. The molecule has 1 N–H and O–H groups in total. The van der Waals surface area contributed by atoms with Gasteiger partial charge < -0.3 is 9.84 Å². The molecule has 158 valence electrons. The number of methoxy groups -OCH3 is 1. The second-order valence-corrected chi connectivity index (χ2v) is 9.87. The number of fused-ring (bicyclic) bond motifs is 1. The largest absolute Gasteiger partial charge is 0.496 e. The van der Waals surface area contributed by atoms with Crippen LogP contribution < -0.4 is 15.3 Å². The van der Waals surface area contributed by atoms with Crippen LogP contribution in [0.4, 0.5) is 0 Å². The van der Waals surface area contributed by atoms with Crippen LogP contribution >= 0.6 is 8.07 Å². The number of hydrogen-bond donors (Lipinski definition) is 1. The van der Waals surface area contributed by atoms with Gasteiger partial charge in [-0.05, 0) is 41.7 Å². The number of nitrogens with zero attached hydrogens (tertiary/aromatic N) is 1. The molecule has 0 heterocycles. The second kappa shape index (κ2) is 9.62. The van der Waals surface area contributed by atoms with Crippen LogP contribution in [0.25, 0.3) is 10.8 Å². The van der Waals surface area contributed by atoms with Gasteiger partial charge in [-0.15, -0.1) is 0 Å². The molecule has 0 fully saturated rings. The van der Waals surface area contributed by atoms with E-state index in [4.69, 9.17) is 4.74 Å². The molecule has 4 heteroatoms. The Morgan fingerprint density at radius 2 is 1.42 bits per heavy atom. The molecule has 0 saturated carbocycles. The molecule has 31 heavy (non-hydrogen) atoms. The fourth-order valence-electron chi connectivity index (χ4n) is 3.97. The maximum Gasteiger partial charge on any atom is 0.128 e. The van der Waals surface area contributed by atoms with Crippen molar-refractivity contribution in [3.63, 3.8) is 0 Å². The summed E-state index contributed by atoms with van der Waals surface area (Å²) >= 11 is 0. The first-order valence-electron chi connectivity index (χ1n) is 10.5. The SMILES string of the molecule is COc1ccc2ccccc2c1[P@](c1ccccc1)N(C)[C@H](C)[C@@H](O)c1ccccc1. The fraction of sp³-hybridized carbons (Fsp3) is 0.185. The minimum Gasteiger partial charge on any atom is -0.496 e. The molecule has 0 unspecified atom stereocenters. The topological polar surface area (TPSA) is 32.7 Å². The van der Waals surface area contributed by atoms with Crippen molar-refractivity contribution in [1.29, 1.82) is 0 Å². The summed E-state index contributed by atoms with van der Waals surface area (Å²) in [5, 5.41) is 16.0. The number of benzene rings is 4. The number of aliphatic hydroxyl groups is 1. The van der Waals surface area contributed by atoms with Crippen LogP contribution in [0.3, 0.4) is 0 Å². The highest BCUT2D eigenvalue weighted by atomic mass is 31.1. The lowest BCUT2D eigenvalue weighted by Gasteiger charge is -2.37. The summed E-state index contributed by atoms with van der Waals surface area (Å²) in [6.07, 6.45) is -0.596. The van der Waals surface area contributed by atoms with Gasteiger partial charge in [0.2, 0.25) is 0 Å². The minimum atomic E-state index is -0.952. The third-order valence-electron chi connectivity index (χ3n) is 5.80. The maximum atomic E-state index is 11.2. The van der Waals surface area contributed by atoms with E-state index in [9.17, 15) is 5.11 Å². The third-order valence-corrected chi connectivity index (χ3v) is 8.47. The number of likely N-dealkylation sites (N-methyl/N-ethyl adjacent to an activating group) is 1. The highest BCUT2D eigenvalue weighted by Crippen LogP contribution is 2.45. The average Bonchev–Trinajstić information content (AvgIpc) is 2.84. The summed E-state index contributed by atoms with van der Waals surface area (Å²) in [6.45, 7) is 2.09. The van der Waals surface area contributed by atoms with Crippen LogP contribution in [-0.4, -0.2) is 30.0 Å². The normalized spacial score (nSPS) is 14.4. The van der Waals surface area contributed by atoms with Crippen LogP contribution in [0.15, 0.2) is 97.1 Å². The summed E-state index contributed by atoms with van der Waals surface area (Å²) in [5.41, 5.74) is 0.926. The molecule has 0 radical (unpaired) electrons. The van der Waals surface area contributed by atoms with Gasteiger partial charge in [-0.2, -0.15) is 0 Å². The molecule has 3 nitrogen and oxygen atoms in total. The lowest BCUT2D eigenvalue weighted by molar-refractivity contribution is 0.111. The fourth-order valence-corrected chi connectivity index (χ4v) is 6.66. The van der Waals surface area contributed by atoms with Gasteiger partial charge >= 0.3 is 0 Å². The lowest BCUT2D eigenvalue weighted by Crippen LogP contribution is -2.36. The van der Waals surface area contributed by atoms with Crippen molar-refractivity contribution in [2.24, 2.45) is 0 Å². The molecule has 0 saturated heterocycles. The van der Waals surface area contributed by atoms with E-state index in [0.717, 1.165) is 11.3 Å². The Hall–Kier alpha value is -2.71. The van der Waals surface area contributed by atoms with Gasteiger partial charge in [0, 0.05) is 19.4 Å². The molecule has 4 aromatic carbocycles. The zero-order chi connectivity index (χ0) is 21.8. The average molecular weight is 430 g/mol. The minimum absolute atomic E-state index is 0.0996. The van der Waals surface area contributed by atoms with Gasteiger partial charge in [0.25, 0.3) is 0 Å². The quantitative estimate of drug-likeness (QED) is 0.407. The molecule has 0 aliphatic heterocycles. The van der Waals surface area contributed by atoms with Gasteiger partial charge in [0.15, 0.2) is 0 Å². The first kappa shape index (κ1) is 21.5. The first-order chi connectivity index (χ1) is 15.1. The first-order valence-corrected chi connectivity index (χ1v) is 11.8. The molecule has 3 atom stereocenters.